The van der Waals surface area contributed by atoms with Crippen LogP contribution in [0.4, 0.5) is 4.39 Å². The second-order valence-electron chi connectivity index (χ2n) is 11.0. The number of likely N-dealkylation sites (N-methyl/N-ethyl adjacent to an activating group) is 1. The molecule has 2 aliphatic carbocycles. The lowest BCUT2D eigenvalue weighted by Gasteiger charge is -2.58. The van der Waals surface area contributed by atoms with E-state index in [1.165, 1.54) is 11.6 Å². The molecule has 1 N–H and O–H groups in total. The van der Waals surface area contributed by atoms with Crippen LogP contribution in [-0.4, -0.2) is 46.7 Å². The molecule has 1 aromatic heterocycles. The van der Waals surface area contributed by atoms with E-state index < -0.39 is 0 Å². The fraction of sp³-hybridized carbons (Fsp3) is 0.312. The maximum Gasteiger partial charge on any atom is 0.161 e. The smallest absolute Gasteiger partial charge is 0.161 e. The average Bonchev–Trinajstić information content (AvgIpc) is 2.94. The molecule has 5 nitrogen and oxygen atoms in total. The highest BCUT2D eigenvalue weighted by Crippen LogP contribution is 2.57. The number of phenolic OH excluding ortho intramolecular Hbond substituents is 1. The number of likely N-dealkylation sites (tertiary alicyclic amines) is 1. The van der Waals surface area contributed by atoms with E-state index in [0.29, 0.717) is 35.2 Å². The second kappa shape index (κ2) is 8.63. The largest absolute Gasteiger partial charge is 0.504 e. The van der Waals surface area contributed by atoms with E-state index in [1.807, 2.05) is 42.5 Å². The molecule has 1 aliphatic heterocycles. The molecule has 0 saturated carbocycles. The SMILES string of the molecule is COc1ccc2c(c1O)[C@@]13CCN(C)[C@@H](C2)[C@H]1Cc1nc(-c2ccccc2)c(-c2ccccc2F)nc1C3. The Morgan fingerprint density at radius 1 is 0.947 bits per heavy atom. The number of aromatic nitrogens is 2. The van der Waals surface area contributed by atoms with Gasteiger partial charge >= 0.3 is 0 Å². The molecule has 0 radical (unpaired) electrons. The summed E-state index contributed by atoms with van der Waals surface area (Å²) < 4.78 is 20.7. The minimum atomic E-state index is -0.310. The number of hydrogen-bond donors (Lipinski definition) is 1. The average molecular weight is 508 g/mol. The van der Waals surface area contributed by atoms with Gasteiger partial charge in [-0.3, -0.25) is 0 Å². The van der Waals surface area contributed by atoms with E-state index in [1.54, 1.807) is 19.2 Å². The van der Waals surface area contributed by atoms with Crippen molar-refractivity contribution < 1.29 is 14.2 Å². The van der Waals surface area contributed by atoms with Crippen molar-refractivity contribution in [1.29, 1.82) is 0 Å². The number of phenols is 1. The summed E-state index contributed by atoms with van der Waals surface area (Å²) in [5, 5.41) is 11.4. The summed E-state index contributed by atoms with van der Waals surface area (Å²) in [6.07, 6.45) is 3.23. The summed E-state index contributed by atoms with van der Waals surface area (Å²) in [6.45, 7) is 0.947. The third-order valence-corrected chi connectivity index (χ3v) is 9.15. The Morgan fingerprint density at radius 2 is 1.71 bits per heavy atom. The molecule has 3 atom stereocenters. The standard InChI is InChI=1S/C32H30FN3O2/c1-36-15-14-32-18-25-24(17-22(32)26(36)16-20-12-13-27(38-2)31(37)28(20)32)34-29(19-8-4-3-5-9-19)30(35-25)21-10-6-7-11-23(21)33/h3-13,22,26,37H,14-18H2,1-2H3/t22-,26+,32-/m1/s1. The molecule has 6 heteroatoms. The number of hydrogen-bond acceptors (Lipinski definition) is 5. The van der Waals surface area contributed by atoms with Gasteiger partial charge in [-0.1, -0.05) is 48.5 Å². The van der Waals surface area contributed by atoms with Gasteiger partial charge in [0, 0.05) is 34.6 Å². The maximum atomic E-state index is 15.1. The monoisotopic (exact) mass is 507 g/mol. The topological polar surface area (TPSA) is 58.5 Å². The Hall–Kier alpha value is -3.77. The third kappa shape index (κ3) is 3.33. The Morgan fingerprint density at radius 3 is 2.50 bits per heavy atom. The molecule has 1 fully saturated rings. The van der Waals surface area contributed by atoms with Crippen LogP contribution in [0.1, 0.15) is 28.9 Å². The third-order valence-electron chi connectivity index (χ3n) is 9.15. The number of fused-ring (bicyclic) bond motifs is 2. The first-order valence-electron chi connectivity index (χ1n) is 13.3. The number of nitrogens with zero attached hydrogens (tertiary/aromatic N) is 3. The van der Waals surface area contributed by atoms with E-state index in [2.05, 4.69) is 18.0 Å². The minimum Gasteiger partial charge on any atom is -0.504 e. The van der Waals surface area contributed by atoms with Gasteiger partial charge in [0.25, 0.3) is 0 Å². The zero-order valence-corrected chi connectivity index (χ0v) is 21.6. The summed E-state index contributed by atoms with van der Waals surface area (Å²) in [6, 6.07) is 21.1. The minimum absolute atomic E-state index is 0.254. The van der Waals surface area contributed by atoms with Crippen LogP contribution in [0.15, 0.2) is 66.7 Å². The lowest BCUT2D eigenvalue weighted by molar-refractivity contribution is 0.0210. The number of rotatable bonds is 3. The molecular formula is C32H30FN3O2. The Kier molecular flexibility index (Phi) is 5.31. The first-order valence-corrected chi connectivity index (χ1v) is 13.3. The second-order valence-corrected chi connectivity index (χ2v) is 11.0. The summed E-state index contributed by atoms with van der Waals surface area (Å²) >= 11 is 0. The first-order chi connectivity index (χ1) is 18.5. The van der Waals surface area contributed by atoms with Crippen molar-refractivity contribution in [2.45, 2.75) is 37.1 Å². The highest BCUT2D eigenvalue weighted by Gasteiger charge is 2.56. The Bertz CT molecular complexity index is 1560. The first kappa shape index (κ1) is 23.4. The molecule has 192 valence electrons. The van der Waals surface area contributed by atoms with Crippen LogP contribution in [0, 0.1) is 11.7 Å². The molecule has 7 rings (SSSR count). The zero-order chi connectivity index (χ0) is 26.0. The fourth-order valence-electron chi connectivity index (χ4n) is 7.34. The fourth-order valence-corrected chi connectivity index (χ4v) is 7.34. The van der Waals surface area contributed by atoms with E-state index in [0.717, 1.165) is 48.3 Å². The maximum absolute atomic E-state index is 15.1. The van der Waals surface area contributed by atoms with Gasteiger partial charge < -0.3 is 14.7 Å². The van der Waals surface area contributed by atoms with E-state index >= 15 is 4.39 Å². The molecule has 0 spiro atoms. The molecule has 3 aliphatic rings. The number of ether oxygens (including phenoxy) is 1. The molecule has 4 aromatic rings. The van der Waals surface area contributed by atoms with Crippen molar-refractivity contribution in [3.8, 4) is 34.0 Å². The Labute approximate surface area is 222 Å². The molecule has 38 heavy (non-hydrogen) atoms. The summed E-state index contributed by atoms with van der Waals surface area (Å²) in [7, 11) is 3.81. The van der Waals surface area contributed by atoms with Gasteiger partial charge in [0.1, 0.15) is 5.82 Å². The predicted molar refractivity (Wildman–Crippen MR) is 145 cm³/mol. The van der Waals surface area contributed by atoms with Gasteiger partial charge in [-0.05, 0) is 62.5 Å². The van der Waals surface area contributed by atoms with Crippen LogP contribution in [0.25, 0.3) is 22.5 Å². The number of halogens is 1. The van der Waals surface area contributed by atoms with E-state index in [9.17, 15) is 5.11 Å². The molecule has 1 saturated heterocycles. The number of methoxy groups -OCH3 is 1. The number of aromatic hydroxyl groups is 1. The highest BCUT2D eigenvalue weighted by atomic mass is 19.1. The molecule has 0 unspecified atom stereocenters. The lowest BCUT2D eigenvalue weighted by atomic mass is 9.52. The van der Waals surface area contributed by atoms with Crippen molar-refractivity contribution in [1.82, 2.24) is 14.9 Å². The summed E-state index contributed by atoms with van der Waals surface area (Å²) in [5.41, 5.74) is 6.47. The van der Waals surface area contributed by atoms with Gasteiger partial charge in [0.05, 0.1) is 29.9 Å². The van der Waals surface area contributed by atoms with Crippen LogP contribution in [0.2, 0.25) is 0 Å². The molecule has 2 heterocycles. The lowest BCUT2D eigenvalue weighted by Crippen LogP contribution is -2.61. The zero-order valence-electron chi connectivity index (χ0n) is 21.6. The summed E-state index contributed by atoms with van der Waals surface area (Å²) in [4.78, 5) is 12.9. The van der Waals surface area contributed by atoms with Gasteiger partial charge in [-0.2, -0.15) is 0 Å². The summed E-state index contributed by atoms with van der Waals surface area (Å²) in [5.74, 6) is 0.745. The molecule has 3 aromatic carbocycles. The van der Waals surface area contributed by atoms with Crippen molar-refractivity contribution in [2.24, 2.45) is 5.92 Å². The quantitative estimate of drug-likeness (QED) is 0.393. The van der Waals surface area contributed by atoms with Gasteiger partial charge in [0.15, 0.2) is 11.5 Å². The number of benzene rings is 3. The van der Waals surface area contributed by atoms with Crippen molar-refractivity contribution in [2.75, 3.05) is 20.7 Å². The van der Waals surface area contributed by atoms with Crippen LogP contribution in [-0.2, 0) is 24.7 Å². The normalized spacial score (nSPS) is 23.8. The van der Waals surface area contributed by atoms with Crippen LogP contribution in [0.5, 0.6) is 11.5 Å². The van der Waals surface area contributed by atoms with Gasteiger partial charge in [0.2, 0.25) is 0 Å². The van der Waals surface area contributed by atoms with Crippen molar-refractivity contribution in [3.05, 3.63) is 95.1 Å². The van der Waals surface area contributed by atoms with E-state index in [4.69, 9.17) is 14.7 Å². The molecular weight excluding hydrogens is 477 g/mol. The highest BCUT2D eigenvalue weighted by molar-refractivity contribution is 5.78. The van der Waals surface area contributed by atoms with Crippen LogP contribution in [0.3, 0.4) is 0 Å². The van der Waals surface area contributed by atoms with Gasteiger partial charge in [-0.15, -0.1) is 0 Å². The predicted octanol–water partition coefficient (Wildman–Crippen LogP) is 5.58. The van der Waals surface area contributed by atoms with E-state index in [-0.39, 0.29) is 22.9 Å². The van der Waals surface area contributed by atoms with Crippen LogP contribution >= 0.6 is 0 Å². The van der Waals surface area contributed by atoms with Gasteiger partial charge in [-0.25, -0.2) is 14.4 Å². The number of piperidine rings is 1. The van der Waals surface area contributed by atoms with Crippen molar-refractivity contribution >= 4 is 0 Å². The molecule has 0 amide bonds. The molecule has 2 bridgehead atoms. The van der Waals surface area contributed by atoms with Crippen LogP contribution < -0.4 is 4.74 Å². The van der Waals surface area contributed by atoms with Crippen molar-refractivity contribution in [3.63, 3.8) is 0 Å². The Balaban J connectivity index is 1.46.